The molecule has 0 aliphatic rings. The van der Waals surface area contributed by atoms with Crippen LogP contribution in [0.4, 0.5) is 5.13 Å². The van der Waals surface area contributed by atoms with Crippen LogP contribution in [0.2, 0.25) is 0 Å². The summed E-state index contributed by atoms with van der Waals surface area (Å²) in [5, 5.41) is 15.9. The van der Waals surface area contributed by atoms with E-state index in [0.29, 0.717) is 5.03 Å². The Bertz CT molecular complexity index is 373. The molecule has 0 saturated carbocycles. The SMILES string of the molecule is C=CN/N=C\C=C(/Cl)C(C)Nc1nncs1. The molecule has 1 rings (SSSR count). The maximum atomic E-state index is 6.04. The van der Waals surface area contributed by atoms with Crippen LogP contribution in [0.25, 0.3) is 0 Å². The van der Waals surface area contributed by atoms with Crippen LogP contribution in [-0.4, -0.2) is 22.5 Å². The Morgan fingerprint density at radius 3 is 3.19 bits per heavy atom. The maximum absolute atomic E-state index is 6.04. The second-order valence-electron chi connectivity index (χ2n) is 2.77. The van der Waals surface area contributed by atoms with E-state index in [-0.39, 0.29) is 6.04 Å². The van der Waals surface area contributed by atoms with E-state index < -0.39 is 0 Å². The molecular formula is C9H12ClN5S. The van der Waals surface area contributed by atoms with Crippen molar-refractivity contribution in [2.24, 2.45) is 5.10 Å². The minimum Gasteiger partial charge on any atom is -0.353 e. The van der Waals surface area contributed by atoms with E-state index in [1.165, 1.54) is 17.5 Å². The predicted molar refractivity (Wildman–Crippen MR) is 68.8 cm³/mol. The number of allylic oxidation sites excluding steroid dienone is 1. The Hall–Kier alpha value is -1.40. The molecule has 0 radical (unpaired) electrons. The van der Waals surface area contributed by atoms with Crippen molar-refractivity contribution in [3.05, 3.63) is 29.4 Å². The molecule has 5 nitrogen and oxygen atoms in total. The van der Waals surface area contributed by atoms with E-state index in [1.54, 1.807) is 17.8 Å². The van der Waals surface area contributed by atoms with Gasteiger partial charge in [-0.25, -0.2) is 0 Å². The first-order valence-corrected chi connectivity index (χ1v) is 5.77. The van der Waals surface area contributed by atoms with E-state index in [9.17, 15) is 0 Å². The summed E-state index contributed by atoms with van der Waals surface area (Å²) in [4.78, 5) is 0. The van der Waals surface area contributed by atoms with E-state index >= 15 is 0 Å². The molecule has 0 spiro atoms. The molecule has 2 N–H and O–H groups in total. The highest BCUT2D eigenvalue weighted by molar-refractivity contribution is 7.13. The third kappa shape index (κ3) is 4.41. The highest BCUT2D eigenvalue weighted by Crippen LogP contribution is 2.15. The zero-order valence-corrected chi connectivity index (χ0v) is 10.3. The van der Waals surface area contributed by atoms with Crippen LogP contribution in [0.3, 0.4) is 0 Å². The maximum Gasteiger partial charge on any atom is 0.205 e. The number of aromatic nitrogens is 2. The molecule has 0 saturated heterocycles. The Morgan fingerprint density at radius 1 is 1.75 bits per heavy atom. The van der Waals surface area contributed by atoms with E-state index in [1.807, 2.05) is 6.92 Å². The van der Waals surface area contributed by atoms with Crippen LogP contribution in [0.1, 0.15) is 6.92 Å². The van der Waals surface area contributed by atoms with Crippen molar-refractivity contribution in [1.29, 1.82) is 0 Å². The number of nitrogens with zero attached hydrogens (tertiary/aromatic N) is 3. The lowest BCUT2D eigenvalue weighted by molar-refractivity contribution is 0.954. The largest absolute Gasteiger partial charge is 0.353 e. The number of halogens is 1. The van der Waals surface area contributed by atoms with Crippen molar-refractivity contribution in [2.45, 2.75) is 13.0 Å². The van der Waals surface area contributed by atoms with Gasteiger partial charge in [0, 0.05) is 17.4 Å². The summed E-state index contributed by atoms with van der Waals surface area (Å²) in [7, 11) is 0. The van der Waals surface area contributed by atoms with Gasteiger partial charge in [0.05, 0.1) is 6.04 Å². The van der Waals surface area contributed by atoms with Crippen molar-refractivity contribution in [3.8, 4) is 0 Å². The van der Waals surface area contributed by atoms with Gasteiger partial charge in [0.2, 0.25) is 5.13 Å². The molecule has 1 heterocycles. The topological polar surface area (TPSA) is 62.2 Å². The highest BCUT2D eigenvalue weighted by Gasteiger charge is 2.06. The molecule has 0 amide bonds. The van der Waals surface area contributed by atoms with Crippen LogP contribution in [0, 0.1) is 0 Å². The second kappa shape index (κ2) is 6.97. The summed E-state index contributed by atoms with van der Waals surface area (Å²) in [5.74, 6) is 0. The molecule has 0 aliphatic carbocycles. The Labute approximate surface area is 103 Å². The quantitative estimate of drug-likeness (QED) is 0.606. The number of hydrogen-bond acceptors (Lipinski definition) is 6. The molecule has 1 aromatic rings. The van der Waals surface area contributed by atoms with Gasteiger partial charge in [-0.1, -0.05) is 29.5 Å². The fraction of sp³-hybridized carbons (Fsp3) is 0.222. The third-order valence-electron chi connectivity index (χ3n) is 1.59. The van der Waals surface area contributed by atoms with Gasteiger partial charge in [-0.05, 0) is 13.0 Å². The number of nitrogens with one attached hydrogen (secondary N) is 2. The van der Waals surface area contributed by atoms with Crippen LogP contribution in [0.15, 0.2) is 34.5 Å². The average molecular weight is 258 g/mol. The molecule has 86 valence electrons. The zero-order valence-electron chi connectivity index (χ0n) is 8.72. The first-order chi connectivity index (χ1) is 7.74. The summed E-state index contributed by atoms with van der Waals surface area (Å²) in [6.07, 6.45) is 4.72. The van der Waals surface area contributed by atoms with Gasteiger partial charge in [-0.15, -0.1) is 10.2 Å². The molecule has 0 aliphatic heterocycles. The Balaban J connectivity index is 2.46. The van der Waals surface area contributed by atoms with Gasteiger partial charge in [-0.2, -0.15) is 5.10 Å². The summed E-state index contributed by atoms with van der Waals surface area (Å²) in [6, 6.07) is -0.0372. The van der Waals surface area contributed by atoms with Crippen LogP contribution in [0.5, 0.6) is 0 Å². The summed E-state index contributed by atoms with van der Waals surface area (Å²) in [6.45, 7) is 5.38. The lowest BCUT2D eigenvalue weighted by atomic mass is 10.3. The summed E-state index contributed by atoms with van der Waals surface area (Å²) in [5.41, 5.74) is 4.23. The first kappa shape index (κ1) is 12.7. The molecule has 0 fully saturated rings. The number of rotatable bonds is 6. The monoisotopic (exact) mass is 257 g/mol. The average Bonchev–Trinajstić information content (AvgIpc) is 2.76. The lowest BCUT2D eigenvalue weighted by Crippen LogP contribution is -2.15. The number of hydrogen-bond donors (Lipinski definition) is 2. The fourth-order valence-electron chi connectivity index (χ4n) is 0.839. The van der Waals surface area contributed by atoms with Crippen LogP contribution in [-0.2, 0) is 0 Å². The summed E-state index contributed by atoms with van der Waals surface area (Å²) < 4.78 is 0. The van der Waals surface area contributed by atoms with E-state index in [2.05, 4.69) is 32.6 Å². The van der Waals surface area contributed by atoms with Crippen molar-refractivity contribution in [2.75, 3.05) is 5.32 Å². The van der Waals surface area contributed by atoms with Crippen molar-refractivity contribution in [1.82, 2.24) is 15.6 Å². The van der Waals surface area contributed by atoms with Crippen molar-refractivity contribution >= 4 is 34.3 Å². The molecule has 16 heavy (non-hydrogen) atoms. The fourth-order valence-corrected chi connectivity index (χ4v) is 1.48. The van der Waals surface area contributed by atoms with Gasteiger partial charge >= 0.3 is 0 Å². The molecule has 1 aromatic heterocycles. The molecule has 7 heteroatoms. The third-order valence-corrected chi connectivity index (χ3v) is 2.66. The van der Waals surface area contributed by atoms with Gasteiger partial charge in [0.15, 0.2) is 0 Å². The van der Waals surface area contributed by atoms with Crippen LogP contribution >= 0.6 is 22.9 Å². The number of anilines is 1. The Morgan fingerprint density at radius 2 is 2.56 bits per heavy atom. The molecule has 1 atom stereocenters. The van der Waals surface area contributed by atoms with Gasteiger partial charge in [-0.3, -0.25) is 5.43 Å². The minimum atomic E-state index is -0.0372. The normalized spacial score (nSPS) is 13.8. The number of hydrazone groups is 1. The predicted octanol–water partition coefficient (Wildman–Crippen LogP) is 2.18. The van der Waals surface area contributed by atoms with Gasteiger partial charge in [0.1, 0.15) is 5.51 Å². The molecule has 0 aromatic carbocycles. The van der Waals surface area contributed by atoms with E-state index in [0.717, 1.165) is 5.13 Å². The second-order valence-corrected chi connectivity index (χ2v) is 4.04. The lowest BCUT2D eigenvalue weighted by Gasteiger charge is -2.10. The zero-order chi connectivity index (χ0) is 11.8. The van der Waals surface area contributed by atoms with Crippen molar-refractivity contribution in [3.63, 3.8) is 0 Å². The molecule has 1 unspecified atom stereocenters. The molecular weight excluding hydrogens is 246 g/mol. The minimum absolute atomic E-state index is 0.0372. The smallest absolute Gasteiger partial charge is 0.205 e. The summed E-state index contributed by atoms with van der Waals surface area (Å²) >= 11 is 7.46. The molecule has 0 bridgehead atoms. The Kier molecular flexibility index (Phi) is 5.52. The van der Waals surface area contributed by atoms with Gasteiger partial charge < -0.3 is 5.32 Å². The van der Waals surface area contributed by atoms with Crippen LogP contribution < -0.4 is 10.7 Å². The van der Waals surface area contributed by atoms with Gasteiger partial charge in [0.25, 0.3) is 0 Å². The van der Waals surface area contributed by atoms with E-state index in [4.69, 9.17) is 11.6 Å². The highest BCUT2D eigenvalue weighted by atomic mass is 35.5. The van der Waals surface area contributed by atoms with Crippen molar-refractivity contribution < 1.29 is 0 Å². The first-order valence-electron chi connectivity index (χ1n) is 4.52. The standard InChI is InChI=1S/C9H12ClN5S/c1-3-11-12-5-4-8(10)7(2)14-9-15-13-6-16-9/h3-7,11H,1H2,2H3,(H,14,15)/b8-4-,12-5-.